The molecule has 0 radical (unpaired) electrons. The highest BCUT2D eigenvalue weighted by Gasteiger charge is 2.11. The van der Waals surface area contributed by atoms with Crippen LogP contribution in [0.4, 0.5) is 5.69 Å². The van der Waals surface area contributed by atoms with Gasteiger partial charge in [0.25, 0.3) is 5.91 Å². The zero-order valence-corrected chi connectivity index (χ0v) is 11.6. The van der Waals surface area contributed by atoms with E-state index in [2.05, 4.69) is 5.32 Å². The lowest BCUT2D eigenvalue weighted by Gasteiger charge is -2.05. The third kappa shape index (κ3) is 3.28. The topological polar surface area (TPSA) is 57.8 Å². The minimum Gasteiger partial charge on any atom is -0.357 e. The standard InChI is InChI=1S/C15H12ClN3O/c1-19-7-6-11(10-19)8-12(9-17)15(20)18-14-5-3-2-4-13(14)16/h2-8,10H,1H3,(H,18,20)/b12-8+. The number of carbonyl (C=O) groups is 1. The molecule has 2 aromatic rings. The first kappa shape index (κ1) is 13.9. The first-order chi connectivity index (χ1) is 9.60. The molecule has 1 aromatic carbocycles. The highest BCUT2D eigenvalue weighted by molar-refractivity contribution is 6.34. The Hall–Kier alpha value is -2.51. The van der Waals surface area contributed by atoms with Gasteiger partial charge in [0.05, 0.1) is 10.7 Å². The fourth-order valence-electron chi connectivity index (χ4n) is 1.68. The summed E-state index contributed by atoms with van der Waals surface area (Å²) in [5.74, 6) is -0.482. The molecule has 0 bridgehead atoms. The third-order valence-corrected chi connectivity index (χ3v) is 2.98. The van der Waals surface area contributed by atoms with Crippen LogP contribution in [0, 0.1) is 11.3 Å². The summed E-state index contributed by atoms with van der Waals surface area (Å²) in [7, 11) is 1.87. The largest absolute Gasteiger partial charge is 0.357 e. The molecule has 0 saturated carbocycles. The lowest BCUT2D eigenvalue weighted by molar-refractivity contribution is -0.112. The molecule has 1 N–H and O–H groups in total. The van der Waals surface area contributed by atoms with E-state index in [0.717, 1.165) is 5.56 Å². The second kappa shape index (κ2) is 6.09. The quantitative estimate of drug-likeness (QED) is 0.695. The van der Waals surface area contributed by atoms with Crippen molar-refractivity contribution in [2.45, 2.75) is 0 Å². The summed E-state index contributed by atoms with van der Waals surface area (Å²) < 4.78 is 1.84. The van der Waals surface area contributed by atoms with Gasteiger partial charge in [-0.2, -0.15) is 5.26 Å². The van der Waals surface area contributed by atoms with Crippen molar-refractivity contribution in [1.82, 2.24) is 4.57 Å². The molecule has 4 nitrogen and oxygen atoms in total. The van der Waals surface area contributed by atoms with Gasteiger partial charge >= 0.3 is 0 Å². The van der Waals surface area contributed by atoms with Gasteiger partial charge in [0.1, 0.15) is 11.6 Å². The second-order valence-electron chi connectivity index (χ2n) is 4.21. The van der Waals surface area contributed by atoms with Crippen LogP contribution in [-0.4, -0.2) is 10.5 Å². The van der Waals surface area contributed by atoms with Crippen LogP contribution in [0.15, 0.2) is 48.3 Å². The number of carbonyl (C=O) groups excluding carboxylic acids is 1. The lowest BCUT2D eigenvalue weighted by Crippen LogP contribution is -2.13. The second-order valence-corrected chi connectivity index (χ2v) is 4.62. The van der Waals surface area contributed by atoms with E-state index in [0.29, 0.717) is 10.7 Å². The van der Waals surface area contributed by atoms with Gasteiger partial charge < -0.3 is 9.88 Å². The van der Waals surface area contributed by atoms with Crippen molar-refractivity contribution in [2.75, 3.05) is 5.32 Å². The maximum Gasteiger partial charge on any atom is 0.266 e. The number of amides is 1. The molecule has 1 heterocycles. The smallest absolute Gasteiger partial charge is 0.266 e. The Bertz CT molecular complexity index is 710. The molecular weight excluding hydrogens is 274 g/mol. The van der Waals surface area contributed by atoms with Crippen molar-refractivity contribution in [3.8, 4) is 6.07 Å². The van der Waals surface area contributed by atoms with Gasteiger partial charge in [0, 0.05) is 19.4 Å². The average Bonchev–Trinajstić information content (AvgIpc) is 2.84. The molecule has 0 atom stereocenters. The molecule has 0 aliphatic heterocycles. The lowest BCUT2D eigenvalue weighted by atomic mass is 10.2. The van der Waals surface area contributed by atoms with Gasteiger partial charge in [-0.1, -0.05) is 23.7 Å². The molecule has 100 valence electrons. The number of nitrogens with one attached hydrogen (secondary N) is 1. The number of nitrogens with zero attached hydrogens (tertiary/aromatic N) is 2. The molecule has 20 heavy (non-hydrogen) atoms. The summed E-state index contributed by atoms with van der Waals surface area (Å²) in [5.41, 5.74) is 1.29. The summed E-state index contributed by atoms with van der Waals surface area (Å²) in [6.07, 6.45) is 5.19. The number of halogens is 1. The molecule has 1 aromatic heterocycles. The number of hydrogen-bond acceptors (Lipinski definition) is 2. The first-order valence-corrected chi connectivity index (χ1v) is 6.27. The Balaban J connectivity index is 2.21. The number of rotatable bonds is 3. The van der Waals surface area contributed by atoms with Gasteiger partial charge in [-0.05, 0) is 29.8 Å². The van der Waals surface area contributed by atoms with Crippen LogP contribution >= 0.6 is 11.6 Å². The Labute approximate surface area is 121 Å². The minimum atomic E-state index is -0.482. The van der Waals surface area contributed by atoms with E-state index in [1.54, 1.807) is 24.3 Å². The van der Waals surface area contributed by atoms with Gasteiger partial charge in [0.15, 0.2) is 0 Å². The van der Waals surface area contributed by atoms with Crippen molar-refractivity contribution >= 4 is 29.3 Å². The monoisotopic (exact) mass is 285 g/mol. The summed E-state index contributed by atoms with van der Waals surface area (Å²) in [6, 6.07) is 10.6. The maximum atomic E-state index is 12.0. The molecule has 0 aliphatic rings. The van der Waals surface area contributed by atoms with Crippen molar-refractivity contribution in [3.63, 3.8) is 0 Å². The van der Waals surface area contributed by atoms with Gasteiger partial charge in [-0.3, -0.25) is 4.79 Å². The predicted octanol–water partition coefficient (Wildman–Crippen LogP) is 3.22. The number of hydrogen-bond donors (Lipinski definition) is 1. The summed E-state index contributed by atoms with van der Waals surface area (Å²) >= 11 is 5.96. The maximum absolute atomic E-state index is 12.0. The first-order valence-electron chi connectivity index (χ1n) is 5.90. The van der Waals surface area contributed by atoms with Crippen molar-refractivity contribution in [1.29, 1.82) is 5.26 Å². The Kier molecular flexibility index (Phi) is 4.24. The molecule has 0 spiro atoms. The van der Waals surface area contributed by atoms with Gasteiger partial charge in [-0.25, -0.2) is 0 Å². The zero-order chi connectivity index (χ0) is 14.5. The van der Waals surface area contributed by atoms with E-state index in [4.69, 9.17) is 16.9 Å². The van der Waals surface area contributed by atoms with Crippen molar-refractivity contribution in [2.24, 2.45) is 7.05 Å². The van der Waals surface area contributed by atoms with Crippen LogP contribution in [0.3, 0.4) is 0 Å². The van der Waals surface area contributed by atoms with E-state index in [1.165, 1.54) is 6.08 Å². The Morgan fingerprint density at radius 1 is 1.40 bits per heavy atom. The average molecular weight is 286 g/mol. The Morgan fingerprint density at radius 3 is 2.75 bits per heavy atom. The molecule has 0 unspecified atom stereocenters. The predicted molar refractivity (Wildman–Crippen MR) is 79.1 cm³/mol. The van der Waals surface area contributed by atoms with Crippen molar-refractivity contribution in [3.05, 3.63) is 58.9 Å². The molecule has 5 heteroatoms. The van der Waals surface area contributed by atoms with E-state index in [9.17, 15) is 4.79 Å². The molecule has 1 amide bonds. The van der Waals surface area contributed by atoms with E-state index in [-0.39, 0.29) is 5.57 Å². The molecule has 0 saturated heterocycles. The number of aryl methyl sites for hydroxylation is 1. The van der Waals surface area contributed by atoms with E-state index in [1.807, 2.05) is 36.1 Å². The summed E-state index contributed by atoms with van der Waals surface area (Å²) in [6.45, 7) is 0. The van der Waals surface area contributed by atoms with Crippen LogP contribution in [0.25, 0.3) is 6.08 Å². The zero-order valence-electron chi connectivity index (χ0n) is 10.8. The van der Waals surface area contributed by atoms with Crippen LogP contribution in [0.1, 0.15) is 5.56 Å². The third-order valence-electron chi connectivity index (χ3n) is 2.65. The molecule has 0 fully saturated rings. The van der Waals surface area contributed by atoms with Crippen molar-refractivity contribution < 1.29 is 4.79 Å². The van der Waals surface area contributed by atoms with E-state index >= 15 is 0 Å². The fraction of sp³-hybridized carbons (Fsp3) is 0.0667. The highest BCUT2D eigenvalue weighted by atomic mass is 35.5. The highest BCUT2D eigenvalue weighted by Crippen LogP contribution is 2.21. The van der Waals surface area contributed by atoms with Gasteiger partial charge in [0.2, 0.25) is 0 Å². The number of para-hydroxylation sites is 1. The number of anilines is 1. The van der Waals surface area contributed by atoms with Crippen LogP contribution in [-0.2, 0) is 11.8 Å². The molecule has 0 aliphatic carbocycles. The van der Waals surface area contributed by atoms with Crippen LogP contribution in [0.5, 0.6) is 0 Å². The summed E-state index contributed by atoms with van der Waals surface area (Å²) in [4.78, 5) is 12.0. The fourth-order valence-corrected chi connectivity index (χ4v) is 1.86. The van der Waals surface area contributed by atoms with Crippen LogP contribution < -0.4 is 5.32 Å². The molecule has 2 rings (SSSR count). The SMILES string of the molecule is Cn1ccc(/C=C(\C#N)C(=O)Nc2ccccc2Cl)c1. The minimum absolute atomic E-state index is 0.0242. The van der Waals surface area contributed by atoms with E-state index < -0.39 is 5.91 Å². The van der Waals surface area contributed by atoms with Gasteiger partial charge in [-0.15, -0.1) is 0 Å². The number of aromatic nitrogens is 1. The summed E-state index contributed by atoms with van der Waals surface area (Å²) in [5, 5.41) is 12.1. The normalized spacial score (nSPS) is 10.9. The number of nitriles is 1. The van der Waals surface area contributed by atoms with Crippen LogP contribution in [0.2, 0.25) is 5.02 Å². The molecular formula is C15H12ClN3O. The number of benzene rings is 1. The Morgan fingerprint density at radius 2 is 2.15 bits per heavy atom.